The summed E-state index contributed by atoms with van der Waals surface area (Å²) in [6.45, 7) is 6.23. The zero-order chi connectivity index (χ0) is 50.7. The van der Waals surface area contributed by atoms with Crippen molar-refractivity contribution in [2.75, 3.05) is 31.8 Å². The number of alkyl carbamates (subject to hydrolysis) is 2. The molecule has 376 valence electrons. The summed E-state index contributed by atoms with van der Waals surface area (Å²) in [5, 5.41) is 14.1. The fourth-order valence-corrected chi connectivity index (χ4v) is 8.20. The van der Waals surface area contributed by atoms with Crippen LogP contribution < -0.4 is 10.6 Å². The number of rotatable bonds is 21. The number of ether oxygens (including phenoxy) is 13. The van der Waals surface area contributed by atoms with Gasteiger partial charge in [-0.05, 0) is 0 Å². The van der Waals surface area contributed by atoms with E-state index in [1.165, 1.54) is 0 Å². The zero-order valence-electron chi connectivity index (χ0n) is 37.2. The van der Waals surface area contributed by atoms with Crippen LogP contribution in [0.25, 0.3) is 0 Å². The highest BCUT2D eigenvalue weighted by Crippen LogP contribution is 2.32. The summed E-state index contributed by atoms with van der Waals surface area (Å²) in [6.07, 6.45) is -19.1. The standard InChI is InChI=1S/C37H50N2O26S2/c1-14(40)56-26-24(64-34(62-20(7)46)30(60-18(5)44)28(26)58-16(3)42)10-54-36(51)38-22(32(48)49)12-66-67-13-23(33(50)53-9)39-37(52)55-11-25-27(57-15(2)41)29(59-17(4)43)31(61-19(6)45)35(65-25)63-21(8)47/h22-31,34-35H,10-13H2,1-9H3,(H,38,51)(H,39,52)(H,48,49). The van der Waals surface area contributed by atoms with E-state index < -0.39 is 164 Å². The number of methoxy groups -OCH3 is 1. The predicted molar refractivity (Wildman–Crippen MR) is 215 cm³/mol. The summed E-state index contributed by atoms with van der Waals surface area (Å²) in [7, 11) is 2.63. The van der Waals surface area contributed by atoms with Crippen LogP contribution in [0.2, 0.25) is 0 Å². The highest BCUT2D eigenvalue weighted by Gasteiger charge is 2.55. The first kappa shape index (κ1) is 57.0. The zero-order valence-corrected chi connectivity index (χ0v) is 38.9. The summed E-state index contributed by atoms with van der Waals surface area (Å²) in [5.74, 6) is -10.7. The van der Waals surface area contributed by atoms with Crippen LogP contribution in [0.3, 0.4) is 0 Å². The number of carboxylic acid groups (broad SMARTS) is 1. The third-order valence-corrected chi connectivity index (χ3v) is 10.7. The van der Waals surface area contributed by atoms with Gasteiger partial charge in [-0.15, -0.1) is 0 Å². The molecule has 12 atom stereocenters. The summed E-state index contributed by atoms with van der Waals surface area (Å²) in [5.41, 5.74) is 0. The predicted octanol–water partition coefficient (Wildman–Crippen LogP) is -1.02. The summed E-state index contributed by atoms with van der Waals surface area (Å²) in [4.78, 5) is 146. The lowest BCUT2D eigenvalue weighted by Gasteiger charge is -2.43. The normalized spacial score (nSPS) is 25.1. The molecule has 0 aromatic rings. The quantitative estimate of drug-likeness (QED) is 0.0536. The lowest BCUT2D eigenvalue weighted by atomic mass is 9.98. The number of amides is 2. The molecule has 0 saturated carbocycles. The van der Waals surface area contributed by atoms with Gasteiger partial charge in [0.1, 0.15) is 37.5 Å². The third kappa shape index (κ3) is 19.7. The fourth-order valence-electron chi connectivity index (χ4n) is 5.90. The second-order valence-electron chi connectivity index (χ2n) is 13.8. The van der Waals surface area contributed by atoms with Crippen LogP contribution in [0.5, 0.6) is 0 Å². The minimum absolute atomic E-state index is 0.301. The molecule has 0 aromatic carbocycles. The molecule has 2 aliphatic rings. The van der Waals surface area contributed by atoms with Gasteiger partial charge in [-0.2, -0.15) is 0 Å². The van der Waals surface area contributed by atoms with Crippen LogP contribution in [-0.4, -0.2) is 182 Å². The Labute approximate surface area is 388 Å². The summed E-state index contributed by atoms with van der Waals surface area (Å²) < 4.78 is 67.9. The van der Waals surface area contributed by atoms with Crippen molar-refractivity contribution in [3.63, 3.8) is 0 Å². The van der Waals surface area contributed by atoms with Crippen LogP contribution in [-0.2, 0) is 110 Å². The van der Waals surface area contributed by atoms with Gasteiger partial charge < -0.3 is 77.3 Å². The summed E-state index contributed by atoms with van der Waals surface area (Å²) in [6, 6.07) is -3.13. The Morgan fingerprint density at radius 2 is 0.761 bits per heavy atom. The lowest BCUT2D eigenvalue weighted by molar-refractivity contribution is -0.299. The summed E-state index contributed by atoms with van der Waals surface area (Å²) >= 11 is 0. The van der Waals surface area contributed by atoms with E-state index >= 15 is 0 Å². The van der Waals surface area contributed by atoms with Crippen molar-refractivity contribution in [1.82, 2.24) is 10.6 Å². The molecule has 0 radical (unpaired) electrons. The Bertz CT molecular complexity index is 1850. The number of esters is 9. The van der Waals surface area contributed by atoms with Gasteiger partial charge in [-0.3, -0.25) is 38.4 Å². The average molecular weight is 1000 g/mol. The molecule has 0 aromatic heterocycles. The number of hydrogen-bond acceptors (Lipinski definition) is 27. The minimum Gasteiger partial charge on any atom is -0.480 e. The Hall–Kier alpha value is -6.14. The Kier molecular flexibility index (Phi) is 23.4. The number of carbonyl (C=O) groups excluding carboxylic acids is 11. The number of carboxylic acids is 1. The van der Waals surface area contributed by atoms with Crippen molar-refractivity contribution < 1.29 is 124 Å². The van der Waals surface area contributed by atoms with Crippen LogP contribution in [0.4, 0.5) is 9.59 Å². The molecule has 30 heteroatoms. The first-order valence-electron chi connectivity index (χ1n) is 19.4. The molecule has 0 bridgehead atoms. The van der Waals surface area contributed by atoms with Crippen LogP contribution in [0.1, 0.15) is 55.4 Å². The van der Waals surface area contributed by atoms with Gasteiger partial charge in [0.05, 0.1) is 7.11 Å². The van der Waals surface area contributed by atoms with E-state index in [1.54, 1.807) is 0 Å². The Balaban J connectivity index is 2.12. The SMILES string of the molecule is COC(=O)C(CSSCC(NC(=O)OCC1OC(OC(C)=O)C(OC(C)=O)C(OC(C)=O)C1OC(C)=O)C(=O)O)NC(=O)OCC1OC(OC(C)=O)C(OC(C)=O)C(OC(C)=O)C1OC(C)=O. The number of aliphatic carboxylic acids is 1. The maximum Gasteiger partial charge on any atom is 0.407 e. The van der Waals surface area contributed by atoms with E-state index in [2.05, 4.69) is 10.6 Å². The lowest BCUT2D eigenvalue weighted by Crippen LogP contribution is -2.63. The highest BCUT2D eigenvalue weighted by atomic mass is 33.1. The van der Waals surface area contributed by atoms with E-state index in [9.17, 15) is 62.6 Å². The average Bonchev–Trinajstić information content (AvgIpc) is 3.19. The van der Waals surface area contributed by atoms with Gasteiger partial charge in [0.2, 0.25) is 24.8 Å². The molecule has 2 aliphatic heterocycles. The number of carbonyl (C=O) groups is 12. The van der Waals surface area contributed by atoms with E-state index in [-0.39, 0.29) is 5.75 Å². The Morgan fingerprint density at radius 1 is 0.463 bits per heavy atom. The molecule has 0 aliphatic carbocycles. The van der Waals surface area contributed by atoms with Crippen LogP contribution >= 0.6 is 21.6 Å². The first-order valence-corrected chi connectivity index (χ1v) is 21.9. The molecular weight excluding hydrogens is 953 g/mol. The van der Waals surface area contributed by atoms with E-state index in [4.69, 9.17) is 61.6 Å². The largest absolute Gasteiger partial charge is 0.480 e. The van der Waals surface area contributed by atoms with Crippen LogP contribution in [0.15, 0.2) is 0 Å². The van der Waals surface area contributed by atoms with Gasteiger partial charge in [-0.1, -0.05) is 21.6 Å². The molecule has 3 N–H and O–H groups in total. The molecule has 28 nitrogen and oxygen atoms in total. The molecule has 2 saturated heterocycles. The van der Waals surface area contributed by atoms with E-state index in [0.717, 1.165) is 84.1 Å². The molecule has 67 heavy (non-hydrogen) atoms. The first-order chi connectivity index (χ1) is 31.3. The van der Waals surface area contributed by atoms with Crippen molar-refractivity contribution in [3.8, 4) is 0 Å². The topological polar surface area (TPSA) is 369 Å². The van der Waals surface area contributed by atoms with E-state index in [0.29, 0.717) is 0 Å². The van der Waals surface area contributed by atoms with Gasteiger partial charge in [0, 0.05) is 66.9 Å². The van der Waals surface area contributed by atoms with Crippen LogP contribution in [0, 0.1) is 0 Å². The van der Waals surface area contributed by atoms with Gasteiger partial charge in [-0.25, -0.2) is 19.2 Å². The van der Waals surface area contributed by atoms with Crippen molar-refractivity contribution in [2.45, 2.75) is 129 Å². The van der Waals surface area contributed by atoms with E-state index in [1.807, 2.05) is 0 Å². The highest BCUT2D eigenvalue weighted by molar-refractivity contribution is 8.76. The molecule has 2 rings (SSSR count). The second kappa shape index (κ2) is 27.5. The minimum atomic E-state index is -1.77. The molecular formula is C37H50N2O26S2. The molecule has 2 fully saturated rings. The van der Waals surface area contributed by atoms with Crippen molar-refractivity contribution in [2.24, 2.45) is 0 Å². The monoisotopic (exact) mass is 1000 g/mol. The molecule has 2 heterocycles. The fraction of sp³-hybridized carbons (Fsp3) is 0.676. The Morgan fingerprint density at radius 3 is 1.07 bits per heavy atom. The smallest absolute Gasteiger partial charge is 0.407 e. The maximum atomic E-state index is 13.0. The molecule has 2 amide bonds. The third-order valence-electron chi connectivity index (χ3n) is 8.24. The number of hydrogen-bond donors (Lipinski definition) is 3. The van der Waals surface area contributed by atoms with Gasteiger partial charge in [0.25, 0.3) is 0 Å². The molecule has 0 spiro atoms. The van der Waals surface area contributed by atoms with Gasteiger partial charge in [0.15, 0.2) is 24.4 Å². The molecule has 12 unspecified atom stereocenters. The van der Waals surface area contributed by atoms with Crippen molar-refractivity contribution >= 4 is 93.5 Å². The van der Waals surface area contributed by atoms with Crippen molar-refractivity contribution in [1.29, 1.82) is 0 Å². The van der Waals surface area contributed by atoms with Gasteiger partial charge >= 0.3 is 71.9 Å². The maximum absolute atomic E-state index is 13.0. The van der Waals surface area contributed by atoms with Crippen molar-refractivity contribution in [3.05, 3.63) is 0 Å². The number of nitrogens with one attached hydrogen (secondary N) is 2. The second-order valence-corrected chi connectivity index (χ2v) is 16.3.